The van der Waals surface area contributed by atoms with E-state index in [-0.39, 0.29) is 30.3 Å². The monoisotopic (exact) mass is 374 g/mol. The predicted molar refractivity (Wildman–Crippen MR) is 93.9 cm³/mol. The van der Waals surface area contributed by atoms with Crippen molar-refractivity contribution < 1.29 is 18.3 Å². The molecule has 0 aliphatic carbocycles. The Balaban J connectivity index is 0.00000225. The average Bonchev–Trinajstić information content (AvgIpc) is 2.59. The molecule has 0 aromatic heterocycles. The third-order valence-electron chi connectivity index (χ3n) is 5.02. The van der Waals surface area contributed by atoms with E-state index in [4.69, 9.17) is 4.74 Å². The lowest BCUT2D eigenvalue weighted by Crippen LogP contribution is -2.50. The Hall–Kier alpha value is -1.24. The van der Waals surface area contributed by atoms with Crippen molar-refractivity contribution in [2.45, 2.75) is 37.6 Å². The number of hydrogen-bond donors (Lipinski definition) is 2. The van der Waals surface area contributed by atoms with Gasteiger partial charge in [-0.15, -0.1) is 12.4 Å². The van der Waals surface area contributed by atoms with Gasteiger partial charge in [-0.2, -0.15) is 0 Å². The van der Waals surface area contributed by atoms with Gasteiger partial charge in [0.25, 0.3) is 0 Å². The molecule has 2 fully saturated rings. The highest BCUT2D eigenvalue weighted by Crippen LogP contribution is 2.27. The normalized spacial score (nSPS) is 24.4. The van der Waals surface area contributed by atoms with Crippen molar-refractivity contribution in [1.82, 2.24) is 10.6 Å². The first-order valence-corrected chi connectivity index (χ1v) is 8.66. The molecular weight excluding hydrogens is 350 g/mol. The Morgan fingerprint density at radius 3 is 2.68 bits per heavy atom. The van der Waals surface area contributed by atoms with Gasteiger partial charge in [0.1, 0.15) is 0 Å². The van der Waals surface area contributed by atoms with Crippen LogP contribution in [0.5, 0.6) is 0 Å². The molecule has 0 spiro atoms. The van der Waals surface area contributed by atoms with E-state index in [1.165, 1.54) is 6.07 Å². The molecule has 2 aliphatic heterocycles. The number of carbonyl (C=O) groups is 1. The van der Waals surface area contributed by atoms with Crippen LogP contribution in [0.4, 0.5) is 8.78 Å². The molecular formula is C18H25ClF2N2O2. The molecule has 1 aromatic carbocycles. The van der Waals surface area contributed by atoms with Gasteiger partial charge in [0.05, 0.1) is 0 Å². The molecule has 25 heavy (non-hydrogen) atoms. The highest BCUT2D eigenvalue weighted by molar-refractivity contribution is 5.85. The number of ether oxygens (including phenoxy) is 1. The largest absolute Gasteiger partial charge is 0.381 e. The molecule has 2 unspecified atom stereocenters. The number of piperidine rings is 1. The highest BCUT2D eigenvalue weighted by Gasteiger charge is 2.29. The smallest absolute Gasteiger partial charge is 0.220 e. The van der Waals surface area contributed by atoms with Gasteiger partial charge in [-0.05, 0) is 49.4 Å². The fourth-order valence-electron chi connectivity index (χ4n) is 3.63. The standard InChI is InChI=1S/C18H24F2N2O2.ClH/c19-15-2-1-13(10-16(15)20)14-3-6-21-11-17(14)22-18(23)9-12-4-7-24-8-5-12;/h1-2,10,12,14,17,21H,3-9,11H2,(H,22,23);1H. The van der Waals surface area contributed by atoms with Crippen molar-refractivity contribution in [1.29, 1.82) is 0 Å². The summed E-state index contributed by atoms with van der Waals surface area (Å²) >= 11 is 0. The van der Waals surface area contributed by atoms with Gasteiger partial charge >= 0.3 is 0 Å². The van der Waals surface area contributed by atoms with Crippen molar-refractivity contribution in [3.8, 4) is 0 Å². The number of benzene rings is 1. The molecule has 2 N–H and O–H groups in total. The van der Waals surface area contributed by atoms with Crippen LogP contribution in [0, 0.1) is 17.6 Å². The molecule has 0 radical (unpaired) electrons. The Bertz CT molecular complexity index is 582. The van der Waals surface area contributed by atoms with Gasteiger partial charge in [-0.25, -0.2) is 8.78 Å². The fourth-order valence-corrected chi connectivity index (χ4v) is 3.63. The van der Waals surface area contributed by atoms with Crippen LogP contribution in [0.25, 0.3) is 0 Å². The maximum absolute atomic E-state index is 13.5. The van der Waals surface area contributed by atoms with Crippen molar-refractivity contribution in [3.05, 3.63) is 35.4 Å². The van der Waals surface area contributed by atoms with E-state index in [2.05, 4.69) is 10.6 Å². The maximum atomic E-state index is 13.5. The summed E-state index contributed by atoms with van der Waals surface area (Å²) in [4.78, 5) is 12.4. The maximum Gasteiger partial charge on any atom is 0.220 e. The zero-order valence-corrected chi connectivity index (χ0v) is 14.9. The average molecular weight is 375 g/mol. The molecule has 2 heterocycles. The molecule has 3 rings (SSSR count). The highest BCUT2D eigenvalue weighted by atomic mass is 35.5. The van der Waals surface area contributed by atoms with Crippen LogP contribution in [-0.2, 0) is 9.53 Å². The summed E-state index contributed by atoms with van der Waals surface area (Å²) in [6.45, 7) is 2.89. The first kappa shape index (κ1) is 20.1. The zero-order chi connectivity index (χ0) is 16.9. The second-order valence-electron chi connectivity index (χ2n) is 6.71. The number of halogens is 3. The summed E-state index contributed by atoms with van der Waals surface area (Å²) in [6.07, 6.45) is 3.13. The van der Waals surface area contributed by atoms with Crippen molar-refractivity contribution in [3.63, 3.8) is 0 Å². The van der Waals surface area contributed by atoms with E-state index in [1.807, 2.05) is 0 Å². The van der Waals surface area contributed by atoms with Crippen molar-refractivity contribution in [2.75, 3.05) is 26.3 Å². The summed E-state index contributed by atoms with van der Waals surface area (Å²) < 4.78 is 32.0. The topological polar surface area (TPSA) is 50.4 Å². The Morgan fingerprint density at radius 1 is 1.20 bits per heavy atom. The zero-order valence-electron chi connectivity index (χ0n) is 14.1. The van der Waals surface area contributed by atoms with Gasteiger partial charge in [0.2, 0.25) is 5.91 Å². The molecule has 1 amide bonds. The van der Waals surface area contributed by atoms with E-state index in [9.17, 15) is 13.6 Å². The van der Waals surface area contributed by atoms with Crippen molar-refractivity contribution >= 4 is 18.3 Å². The van der Waals surface area contributed by atoms with Gasteiger partial charge in [0.15, 0.2) is 11.6 Å². The van der Waals surface area contributed by atoms with Crippen LogP contribution < -0.4 is 10.6 Å². The Kier molecular flexibility index (Phi) is 7.59. The molecule has 2 atom stereocenters. The fraction of sp³-hybridized carbons (Fsp3) is 0.611. The minimum Gasteiger partial charge on any atom is -0.381 e. The van der Waals surface area contributed by atoms with E-state index in [0.29, 0.717) is 18.9 Å². The van der Waals surface area contributed by atoms with E-state index in [1.54, 1.807) is 6.07 Å². The van der Waals surface area contributed by atoms with E-state index < -0.39 is 11.6 Å². The van der Waals surface area contributed by atoms with Crippen LogP contribution >= 0.6 is 12.4 Å². The minimum atomic E-state index is -0.840. The predicted octanol–water partition coefficient (Wildman–Crippen LogP) is 2.77. The third kappa shape index (κ3) is 5.36. The summed E-state index contributed by atoms with van der Waals surface area (Å²) in [5.74, 6) is -1.27. The lowest BCUT2D eigenvalue weighted by Gasteiger charge is -2.34. The molecule has 0 bridgehead atoms. The molecule has 2 saturated heterocycles. The SMILES string of the molecule is Cl.O=C(CC1CCOCC1)NC1CNCCC1c1ccc(F)c(F)c1. The molecule has 7 heteroatoms. The first-order chi connectivity index (χ1) is 11.6. The van der Waals surface area contributed by atoms with Crippen LogP contribution in [0.15, 0.2) is 18.2 Å². The quantitative estimate of drug-likeness (QED) is 0.852. The number of nitrogens with one attached hydrogen (secondary N) is 2. The van der Waals surface area contributed by atoms with Crippen LogP contribution in [0.1, 0.15) is 37.2 Å². The van der Waals surface area contributed by atoms with E-state index in [0.717, 1.165) is 50.7 Å². The minimum absolute atomic E-state index is 0. The van der Waals surface area contributed by atoms with Gasteiger partial charge in [-0.1, -0.05) is 6.07 Å². The summed E-state index contributed by atoms with van der Waals surface area (Å²) in [7, 11) is 0. The van der Waals surface area contributed by atoms with Gasteiger partial charge < -0.3 is 15.4 Å². The summed E-state index contributed by atoms with van der Waals surface area (Å²) in [5, 5.41) is 6.36. The number of hydrogen-bond acceptors (Lipinski definition) is 3. The van der Waals surface area contributed by atoms with E-state index >= 15 is 0 Å². The van der Waals surface area contributed by atoms with Crippen LogP contribution in [0.2, 0.25) is 0 Å². The first-order valence-electron chi connectivity index (χ1n) is 8.66. The lowest BCUT2D eigenvalue weighted by atomic mass is 9.85. The van der Waals surface area contributed by atoms with Crippen molar-refractivity contribution in [2.24, 2.45) is 5.92 Å². The summed E-state index contributed by atoms with van der Waals surface area (Å²) in [6, 6.07) is 3.93. The Morgan fingerprint density at radius 2 is 1.96 bits per heavy atom. The molecule has 2 aliphatic rings. The molecule has 140 valence electrons. The van der Waals surface area contributed by atoms with Gasteiger partial charge in [0, 0.05) is 38.1 Å². The number of amides is 1. The molecule has 1 aromatic rings. The van der Waals surface area contributed by atoms with Crippen LogP contribution in [0.3, 0.4) is 0 Å². The molecule has 0 saturated carbocycles. The second kappa shape index (κ2) is 9.46. The summed E-state index contributed by atoms with van der Waals surface area (Å²) in [5.41, 5.74) is 0.742. The third-order valence-corrected chi connectivity index (χ3v) is 5.02. The number of rotatable bonds is 4. The Labute approximate surface area is 153 Å². The molecule has 4 nitrogen and oxygen atoms in total. The number of carbonyl (C=O) groups excluding carboxylic acids is 1. The second-order valence-corrected chi connectivity index (χ2v) is 6.71. The van der Waals surface area contributed by atoms with Crippen LogP contribution in [-0.4, -0.2) is 38.3 Å². The lowest BCUT2D eigenvalue weighted by molar-refractivity contribution is -0.123. The van der Waals surface area contributed by atoms with Gasteiger partial charge in [-0.3, -0.25) is 4.79 Å².